The second-order valence-electron chi connectivity index (χ2n) is 6.52. The van der Waals surface area contributed by atoms with Crippen LogP contribution in [-0.2, 0) is 9.53 Å². The van der Waals surface area contributed by atoms with Crippen LogP contribution in [-0.4, -0.2) is 53.9 Å². The largest absolute Gasteiger partial charge is 0.392 e. The third kappa shape index (κ3) is 3.36. The highest BCUT2D eigenvalue weighted by molar-refractivity contribution is 5.85. The molecule has 1 aliphatic carbocycles. The van der Waals surface area contributed by atoms with Crippen molar-refractivity contribution in [3.05, 3.63) is 0 Å². The van der Waals surface area contributed by atoms with Gasteiger partial charge in [-0.15, -0.1) is 12.4 Å². The molecule has 0 aromatic carbocycles. The van der Waals surface area contributed by atoms with E-state index in [0.717, 1.165) is 19.3 Å². The molecule has 1 aliphatic heterocycles. The normalized spacial score (nSPS) is 29.0. The van der Waals surface area contributed by atoms with Crippen LogP contribution in [0.3, 0.4) is 0 Å². The van der Waals surface area contributed by atoms with Gasteiger partial charge in [0.1, 0.15) is 0 Å². The molecule has 3 unspecified atom stereocenters. The maximum atomic E-state index is 12.3. The van der Waals surface area contributed by atoms with Crippen molar-refractivity contribution in [2.75, 3.05) is 19.7 Å². The van der Waals surface area contributed by atoms with Gasteiger partial charge in [-0.25, -0.2) is 0 Å². The van der Waals surface area contributed by atoms with Gasteiger partial charge in [0.25, 0.3) is 0 Å². The molecule has 1 spiro atoms. The molecule has 2 aliphatic rings. The fourth-order valence-electron chi connectivity index (χ4n) is 3.46. The molecular weight excluding hydrogens is 292 g/mol. The van der Waals surface area contributed by atoms with Crippen molar-refractivity contribution in [2.24, 2.45) is 17.1 Å². The average molecular weight is 321 g/mol. The number of nitrogens with two attached hydrogens (primary N) is 1. The molecule has 21 heavy (non-hydrogen) atoms. The number of amides is 1. The molecule has 124 valence electrons. The van der Waals surface area contributed by atoms with Gasteiger partial charge in [0.2, 0.25) is 5.91 Å². The topological polar surface area (TPSA) is 75.8 Å². The van der Waals surface area contributed by atoms with E-state index in [1.165, 1.54) is 0 Å². The quantitative estimate of drug-likeness (QED) is 0.815. The fourth-order valence-corrected chi connectivity index (χ4v) is 3.46. The number of ether oxygens (including phenoxy) is 1. The zero-order valence-corrected chi connectivity index (χ0v) is 14.1. The Balaban J connectivity index is 0.00000220. The molecule has 1 saturated carbocycles. The molecule has 2 rings (SSSR count). The van der Waals surface area contributed by atoms with Crippen LogP contribution in [0.5, 0.6) is 0 Å². The lowest BCUT2D eigenvalue weighted by Crippen LogP contribution is -2.63. The Labute approximate surface area is 133 Å². The van der Waals surface area contributed by atoms with Crippen LogP contribution >= 0.6 is 12.4 Å². The number of likely N-dealkylation sites (tertiary alicyclic amines) is 1. The number of carbonyl (C=O) groups is 1. The van der Waals surface area contributed by atoms with E-state index in [4.69, 9.17) is 10.5 Å². The summed E-state index contributed by atoms with van der Waals surface area (Å²) in [4.78, 5) is 14.1. The standard InChI is InChI=1S/C15H28N2O3.ClH/c1-4-20-12-9-11(18)15(12)5-7-17(8-6-15)14(19)13(16)10(2)3;/h10-13,18H,4-9,16H2,1-3H3;1H. The number of carbonyl (C=O) groups excluding carboxylic acids is 1. The predicted molar refractivity (Wildman–Crippen MR) is 84.3 cm³/mol. The monoisotopic (exact) mass is 320 g/mol. The number of hydrogen-bond donors (Lipinski definition) is 2. The van der Waals surface area contributed by atoms with Crippen LogP contribution in [0.1, 0.15) is 40.0 Å². The van der Waals surface area contributed by atoms with E-state index in [0.29, 0.717) is 19.7 Å². The second-order valence-corrected chi connectivity index (χ2v) is 6.52. The van der Waals surface area contributed by atoms with Crippen molar-refractivity contribution < 1.29 is 14.6 Å². The number of halogens is 1. The molecule has 0 aromatic rings. The molecule has 1 saturated heterocycles. The molecule has 5 nitrogen and oxygen atoms in total. The van der Waals surface area contributed by atoms with Crippen molar-refractivity contribution in [3.8, 4) is 0 Å². The molecule has 3 atom stereocenters. The third-order valence-corrected chi connectivity index (χ3v) is 5.12. The van der Waals surface area contributed by atoms with Gasteiger partial charge in [-0.2, -0.15) is 0 Å². The first-order valence-corrected chi connectivity index (χ1v) is 7.76. The van der Waals surface area contributed by atoms with Gasteiger partial charge in [0, 0.05) is 31.5 Å². The first-order chi connectivity index (χ1) is 9.42. The van der Waals surface area contributed by atoms with Crippen LogP contribution in [0.15, 0.2) is 0 Å². The van der Waals surface area contributed by atoms with E-state index in [1.807, 2.05) is 25.7 Å². The second kappa shape index (κ2) is 7.27. The van der Waals surface area contributed by atoms with Crippen molar-refractivity contribution in [2.45, 2.75) is 58.3 Å². The summed E-state index contributed by atoms with van der Waals surface area (Å²) in [5.74, 6) is 0.195. The summed E-state index contributed by atoms with van der Waals surface area (Å²) in [6.45, 7) is 7.96. The van der Waals surface area contributed by atoms with Gasteiger partial charge in [0.15, 0.2) is 0 Å². The smallest absolute Gasteiger partial charge is 0.239 e. The maximum Gasteiger partial charge on any atom is 0.239 e. The molecule has 1 amide bonds. The summed E-state index contributed by atoms with van der Waals surface area (Å²) >= 11 is 0. The van der Waals surface area contributed by atoms with Crippen LogP contribution in [0.2, 0.25) is 0 Å². The van der Waals surface area contributed by atoms with Gasteiger partial charge >= 0.3 is 0 Å². The van der Waals surface area contributed by atoms with Gasteiger partial charge in [-0.05, 0) is 25.7 Å². The van der Waals surface area contributed by atoms with E-state index >= 15 is 0 Å². The zero-order valence-electron chi connectivity index (χ0n) is 13.2. The zero-order chi connectivity index (χ0) is 14.9. The Hall–Kier alpha value is -0.360. The van der Waals surface area contributed by atoms with Crippen LogP contribution in [0.4, 0.5) is 0 Å². The van der Waals surface area contributed by atoms with Crippen LogP contribution < -0.4 is 5.73 Å². The van der Waals surface area contributed by atoms with Gasteiger partial charge in [0.05, 0.1) is 18.2 Å². The highest BCUT2D eigenvalue weighted by Crippen LogP contribution is 2.50. The molecule has 2 fully saturated rings. The van der Waals surface area contributed by atoms with Crippen LogP contribution in [0.25, 0.3) is 0 Å². The summed E-state index contributed by atoms with van der Waals surface area (Å²) < 4.78 is 5.73. The molecule has 3 N–H and O–H groups in total. The predicted octanol–water partition coefficient (Wildman–Crippen LogP) is 1.17. The Morgan fingerprint density at radius 1 is 1.43 bits per heavy atom. The highest BCUT2D eigenvalue weighted by Gasteiger charge is 2.56. The molecular formula is C15H29ClN2O3. The number of nitrogens with zero attached hydrogens (tertiary/aromatic N) is 1. The summed E-state index contributed by atoms with van der Waals surface area (Å²) in [6, 6.07) is -0.418. The molecule has 6 heteroatoms. The van der Waals surface area contributed by atoms with Gasteiger partial charge < -0.3 is 20.5 Å². The first kappa shape index (κ1) is 18.7. The lowest BCUT2D eigenvalue weighted by atomic mass is 9.58. The SMILES string of the molecule is CCOC1CC(O)C12CCN(C(=O)C(N)C(C)C)CC2.Cl. The van der Waals surface area contributed by atoms with E-state index in [9.17, 15) is 9.90 Å². The number of aliphatic hydroxyl groups is 1. The minimum atomic E-state index is -0.418. The summed E-state index contributed by atoms with van der Waals surface area (Å²) in [5.41, 5.74) is 5.81. The van der Waals surface area contributed by atoms with E-state index < -0.39 is 6.04 Å². The first-order valence-electron chi connectivity index (χ1n) is 7.76. The number of hydrogen-bond acceptors (Lipinski definition) is 4. The molecule has 0 radical (unpaired) electrons. The highest BCUT2D eigenvalue weighted by atomic mass is 35.5. The Morgan fingerprint density at radius 3 is 2.43 bits per heavy atom. The Morgan fingerprint density at radius 2 is 2.00 bits per heavy atom. The third-order valence-electron chi connectivity index (χ3n) is 5.12. The van der Waals surface area contributed by atoms with Crippen LogP contribution in [0, 0.1) is 11.3 Å². The minimum absolute atomic E-state index is 0. The number of piperidine rings is 1. The van der Waals surface area contributed by atoms with Crippen molar-refractivity contribution in [1.82, 2.24) is 4.90 Å². The van der Waals surface area contributed by atoms with E-state index in [2.05, 4.69) is 0 Å². The van der Waals surface area contributed by atoms with E-state index in [-0.39, 0.29) is 41.9 Å². The summed E-state index contributed by atoms with van der Waals surface area (Å²) in [6.07, 6.45) is 2.23. The lowest BCUT2D eigenvalue weighted by Gasteiger charge is -2.56. The van der Waals surface area contributed by atoms with Gasteiger partial charge in [-0.3, -0.25) is 4.79 Å². The van der Waals surface area contributed by atoms with Crippen molar-refractivity contribution in [3.63, 3.8) is 0 Å². The molecule has 0 bridgehead atoms. The summed E-state index contributed by atoms with van der Waals surface area (Å²) in [5, 5.41) is 10.1. The lowest BCUT2D eigenvalue weighted by molar-refractivity contribution is -0.210. The minimum Gasteiger partial charge on any atom is -0.392 e. The fraction of sp³-hybridized carbons (Fsp3) is 0.933. The summed E-state index contributed by atoms with van der Waals surface area (Å²) in [7, 11) is 0. The molecule has 1 heterocycles. The molecule has 0 aromatic heterocycles. The maximum absolute atomic E-state index is 12.3. The number of aliphatic hydroxyl groups excluding tert-OH is 1. The number of rotatable bonds is 4. The van der Waals surface area contributed by atoms with E-state index in [1.54, 1.807) is 0 Å². The Kier molecular flexibility index (Phi) is 6.47. The Bertz CT molecular complexity index is 355. The average Bonchev–Trinajstić information content (AvgIpc) is 2.45. The van der Waals surface area contributed by atoms with Gasteiger partial charge in [-0.1, -0.05) is 13.8 Å². The van der Waals surface area contributed by atoms with Crippen molar-refractivity contribution >= 4 is 18.3 Å². The van der Waals surface area contributed by atoms with Crippen molar-refractivity contribution in [1.29, 1.82) is 0 Å².